The Labute approximate surface area is 117 Å². The lowest BCUT2D eigenvalue weighted by Crippen LogP contribution is -2.09. The molecule has 0 unspecified atom stereocenters. The van der Waals surface area contributed by atoms with E-state index in [0.717, 1.165) is 0 Å². The lowest BCUT2D eigenvalue weighted by molar-refractivity contribution is -0.159. The number of fused-ring (bicyclic) bond motifs is 1. The maximum atomic E-state index is 9.10. The molecule has 1 heterocycles. The number of carbonyl (C=O) groups is 2. The van der Waals surface area contributed by atoms with Crippen molar-refractivity contribution >= 4 is 22.8 Å². The van der Waals surface area contributed by atoms with Crippen LogP contribution in [0.15, 0.2) is 30.3 Å². The number of hydrogen-bond acceptors (Lipinski definition) is 2. The number of carboxylic acid groups (broad SMARTS) is 2. The Morgan fingerprint density at radius 3 is 2.25 bits per heavy atom. The first-order valence-electron chi connectivity index (χ1n) is 6.47. The molecular formula is C15H19NO4. The van der Waals surface area contributed by atoms with Crippen LogP contribution in [0.2, 0.25) is 0 Å². The second-order valence-electron chi connectivity index (χ2n) is 4.47. The van der Waals surface area contributed by atoms with Crippen molar-refractivity contribution in [3.8, 4) is 0 Å². The number of hydrogen-bond donors (Lipinski definition) is 2. The molecule has 0 amide bonds. The van der Waals surface area contributed by atoms with Gasteiger partial charge < -0.3 is 14.8 Å². The van der Waals surface area contributed by atoms with Crippen LogP contribution >= 0.6 is 0 Å². The summed E-state index contributed by atoms with van der Waals surface area (Å²) in [5.41, 5.74) is 2.80. The molecule has 0 saturated carbocycles. The molecule has 0 aliphatic heterocycles. The monoisotopic (exact) mass is 277 g/mol. The van der Waals surface area contributed by atoms with Crippen LogP contribution in [0.3, 0.4) is 0 Å². The largest absolute Gasteiger partial charge is 0.473 e. The number of aryl methyl sites for hydroxylation is 2. The molecule has 0 bridgehead atoms. The third kappa shape index (κ3) is 4.12. The third-order valence-electron chi connectivity index (χ3n) is 3.02. The second-order valence-corrected chi connectivity index (χ2v) is 4.47. The fourth-order valence-electron chi connectivity index (χ4n) is 1.94. The molecule has 1 aromatic carbocycles. The molecule has 0 saturated heterocycles. The Bertz CT molecular complexity index is 589. The van der Waals surface area contributed by atoms with Gasteiger partial charge >= 0.3 is 11.9 Å². The fourth-order valence-corrected chi connectivity index (χ4v) is 1.94. The predicted octanol–water partition coefficient (Wildman–Crippen LogP) is 2.68. The summed E-state index contributed by atoms with van der Waals surface area (Å²) in [4.78, 5) is 18.2. The van der Waals surface area contributed by atoms with Gasteiger partial charge in [-0.1, -0.05) is 31.5 Å². The maximum absolute atomic E-state index is 9.10. The van der Waals surface area contributed by atoms with E-state index < -0.39 is 11.9 Å². The highest BCUT2D eigenvalue weighted by molar-refractivity contribution is 6.27. The lowest BCUT2D eigenvalue weighted by atomic mass is 10.2. The highest BCUT2D eigenvalue weighted by atomic mass is 16.4. The number of unbranched alkanes of at least 4 members (excludes halogenated alkanes) is 1. The Hall–Kier alpha value is -2.30. The molecule has 2 N–H and O–H groups in total. The average molecular weight is 277 g/mol. The number of aliphatic carboxylic acids is 2. The van der Waals surface area contributed by atoms with Crippen LogP contribution in [-0.2, 0) is 23.1 Å². The summed E-state index contributed by atoms with van der Waals surface area (Å²) in [5, 5.41) is 16.1. The summed E-state index contributed by atoms with van der Waals surface area (Å²) in [6.45, 7) is 2.24. The molecule has 2 aromatic rings. The van der Waals surface area contributed by atoms with Crippen molar-refractivity contribution in [1.82, 2.24) is 4.57 Å². The van der Waals surface area contributed by atoms with Crippen LogP contribution in [0.1, 0.15) is 25.5 Å². The predicted molar refractivity (Wildman–Crippen MR) is 76.8 cm³/mol. The molecule has 0 aliphatic rings. The van der Waals surface area contributed by atoms with Gasteiger partial charge in [0.15, 0.2) is 0 Å². The van der Waals surface area contributed by atoms with E-state index in [4.69, 9.17) is 19.8 Å². The van der Waals surface area contributed by atoms with Crippen LogP contribution in [0.4, 0.5) is 0 Å². The Morgan fingerprint density at radius 2 is 1.75 bits per heavy atom. The molecule has 1 aromatic heterocycles. The molecule has 2 rings (SSSR count). The van der Waals surface area contributed by atoms with E-state index in [1.807, 2.05) is 0 Å². The van der Waals surface area contributed by atoms with Crippen LogP contribution in [0.5, 0.6) is 0 Å². The number of carboxylic acids is 2. The minimum absolute atomic E-state index is 1.20. The standard InChI is InChI=1S/C13H17N.C2H2O4/c1-3-4-8-12-10-11-7-5-6-9-13(11)14(12)2;3-1(4)2(5)6/h5-7,9-10H,3-4,8H2,1-2H3;(H,3,4)(H,5,6). The van der Waals surface area contributed by atoms with Crippen LogP contribution < -0.4 is 0 Å². The summed E-state index contributed by atoms with van der Waals surface area (Å²) < 4.78 is 2.31. The topological polar surface area (TPSA) is 79.5 Å². The Morgan fingerprint density at radius 1 is 1.15 bits per heavy atom. The Kier molecular flexibility index (Phi) is 5.77. The first-order valence-corrected chi connectivity index (χ1v) is 6.47. The normalized spacial score (nSPS) is 9.90. The summed E-state index contributed by atoms with van der Waals surface area (Å²) in [6.07, 6.45) is 3.74. The molecular weight excluding hydrogens is 258 g/mol. The van der Waals surface area contributed by atoms with Gasteiger partial charge in [-0.2, -0.15) is 0 Å². The highest BCUT2D eigenvalue weighted by Gasteiger charge is 2.04. The SMILES string of the molecule is CCCCc1cc2ccccc2n1C.O=C(O)C(=O)O. The van der Waals surface area contributed by atoms with Crippen molar-refractivity contribution < 1.29 is 19.8 Å². The summed E-state index contributed by atoms with van der Waals surface area (Å²) >= 11 is 0. The van der Waals surface area contributed by atoms with Gasteiger partial charge in [0.2, 0.25) is 0 Å². The number of rotatable bonds is 3. The van der Waals surface area contributed by atoms with E-state index in [0.29, 0.717) is 0 Å². The minimum Gasteiger partial charge on any atom is -0.473 e. The van der Waals surface area contributed by atoms with E-state index in [9.17, 15) is 0 Å². The number of aromatic nitrogens is 1. The summed E-state index contributed by atoms with van der Waals surface area (Å²) in [7, 11) is 2.16. The van der Waals surface area contributed by atoms with E-state index in [-0.39, 0.29) is 0 Å². The zero-order valence-electron chi connectivity index (χ0n) is 11.7. The van der Waals surface area contributed by atoms with Crippen molar-refractivity contribution in [1.29, 1.82) is 0 Å². The highest BCUT2D eigenvalue weighted by Crippen LogP contribution is 2.19. The smallest absolute Gasteiger partial charge is 0.414 e. The first-order chi connectivity index (χ1) is 9.47. The molecule has 0 atom stereocenters. The van der Waals surface area contributed by atoms with E-state index in [2.05, 4.69) is 48.9 Å². The van der Waals surface area contributed by atoms with Crippen LogP contribution in [0, 0.1) is 0 Å². The molecule has 5 heteroatoms. The zero-order valence-corrected chi connectivity index (χ0v) is 11.7. The molecule has 0 aliphatic carbocycles. The van der Waals surface area contributed by atoms with E-state index in [1.165, 1.54) is 35.9 Å². The molecule has 0 spiro atoms. The first kappa shape index (κ1) is 15.8. The average Bonchev–Trinajstić information content (AvgIpc) is 2.74. The molecule has 108 valence electrons. The maximum Gasteiger partial charge on any atom is 0.414 e. The van der Waals surface area contributed by atoms with Gasteiger partial charge in [-0.05, 0) is 30.4 Å². The van der Waals surface area contributed by atoms with Gasteiger partial charge in [0.1, 0.15) is 0 Å². The quantitative estimate of drug-likeness (QED) is 0.845. The van der Waals surface area contributed by atoms with Gasteiger partial charge in [-0.25, -0.2) is 9.59 Å². The molecule has 0 radical (unpaired) electrons. The van der Waals surface area contributed by atoms with Gasteiger partial charge in [0.05, 0.1) is 0 Å². The van der Waals surface area contributed by atoms with Gasteiger partial charge in [-0.3, -0.25) is 0 Å². The van der Waals surface area contributed by atoms with Gasteiger partial charge in [-0.15, -0.1) is 0 Å². The molecule has 5 nitrogen and oxygen atoms in total. The van der Waals surface area contributed by atoms with Crippen molar-refractivity contribution in [3.63, 3.8) is 0 Å². The van der Waals surface area contributed by atoms with Gasteiger partial charge in [0, 0.05) is 18.3 Å². The summed E-state index contributed by atoms with van der Waals surface area (Å²) in [6, 6.07) is 10.9. The number of benzene rings is 1. The number of nitrogens with zero attached hydrogens (tertiary/aromatic N) is 1. The van der Waals surface area contributed by atoms with Crippen LogP contribution in [0.25, 0.3) is 10.9 Å². The molecule has 0 fully saturated rings. The third-order valence-corrected chi connectivity index (χ3v) is 3.02. The van der Waals surface area contributed by atoms with Crippen molar-refractivity contribution in [3.05, 3.63) is 36.0 Å². The Balaban J connectivity index is 0.000000286. The van der Waals surface area contributed by atoms with Crippen LogP contribution in [-0.4, -0.2) is 26.7 Å². The minimum atomic E-state index is -1.82. The lowest BCUT2D eigenvalue weighted by Gasteiger charge is -2.02. The van der Waals surface area contributed by atoms with Gasteiger partial charge in [0.25, 0.3) is 0 Å². The number of para-hydroxylation sites is 1. The van der Waals surface area contributed by atoms with Crippen molar-refractivity contribution in [2.24, 2.45) is 7.05 Å². The zero-order chi connectivity index (χ0) is 15.1. The van der Waals surface area contributed by atoms with Crippen molar-refractivity contribution in [2.45, 2.75) is 26.2 Å². The van der Waals surface area contributed by atoms with Crippen molar-refractivity contribution in [2.75, 3.05) is 0 Å². The van der Waals surface area contributed by atoms with E-state index in [1.54, 1.807) is 0 Å². The second kappa shape index (κ2) is 7.33. The summed E-state index contributed by atoms with van der Waals surface area (Å²) in [5.74, 6) is -3.65. The fraction of sp³-hybridized carbons (Fsp3) is 0.333. The molecule has 20 heavy (non-hydrogen) atoms. The van der Waals surface area contributed by atoms with E-state index >= 15 is 0 Å².